The minimum absolute atomic E-state index is 0. The number of carbonyl (C=O) groups is 2. The van der Waals surface area contributed by atoms with Crippen molar-refractivity contribution in [3.05, 3.63) is 36.7 Å². The van der Waals surface area contributed by atoms with Crippen molar-refractivity contribution >= 4 is 23.6 Å². The Bertz CT molecular complexity index is 687. The molecule has 0 bridgehead atoms. The summed E-state index contributed by atoms with van der Waals surface area (Å²) in [4.78, 5) is 26.7. The largest absolute Gasteiger partial charge is 0.495 e. The summed E-state index contributed by atoms with van der Waals surface area (Å²) in [5.74, 6) is -0.108. The van der Waals surface area contributed by atoms with Crippen LogP contribution in [-0.4, -0.2) is 49.1 Å². The van der Waals surface area contributed by atoms with Crippen molar-refractivity contribution in [1.29, 1.82) is 0 Å². The summed E-state index contributed by atoms with van der Waals surface area (Å²) in [5.41, 5.74) is 0.625. The maximum atomic E-state index is 12.1. The molecule has 0 spiro atoms. The Morgan fingerprint density at radius 1 is 1.52 bits per heavy atom. The van der Waals surface area contributed by atoms with Crippen molar-refractivity contribution in [2.45, 2.75) is 32.5 Å². The Kier molecular flexibility index (Phi) is 8.06. The molecular weight excluding hydrogens is 576 g/mol. The van der Waals surface area contributed by atoms with Crippen LogP contribution in [0.2, 0.25) is 0 Å². The normalized spacial score (nSPS) is 16.2. The quantitative estimate of drug-likeness (QED) is 0.399. The van der Waals surface area contributed by atoms with E-state index in [2.05, 4.69) is 18.0 Å². The maximum absolute atomic E-state index is 12.1. The van der Waals surface area contributed by atoms with Crippen LogP contribution in [0.4, 0.5) is 21.0 Å². The monoisotopic (exact) mass is 600 g/mol. The van der Waals surface area contributed by atoms with Crippen molar-refractivity contribution in [1.82, 2.24) is 5.32 Å². The third kappa shape index (κ3) is 6.67. The summed E-state index contributed by atoms with van der Waals surface area (Å²) in [6.45, 7) is 9.21. The number of carbonyl (C=O) groups excluding carboxylic acids is 2. The van der Waals surface area contributed by atoms with Gasteiger partial charge in [-0.1, -0.05) is 11.4 Å². The zero-order valence-electron chi connectivity index (χ0n) is 15.9. The van der Waals surface area contributed by atoms with Gasteiger partial charge in [-0.15, -0.1) is 12.1 Å². The second-order valence-corrected chi connectivity index (χ2v) is 6.91. The van der Waals surface area contributed by atoms with Gasteiger partial charge in [0.1, 0.15) is 11.7 Å². The van der Waals surface area contributed by atoms with E-state index in [0.29, 0.717) is 17.9 Å². The van der Waals surface area contributed by atoms with E-state index in [1.54, 1.807) is 46.0 Å². The number of nitrogens with one attached hydrogen (secondary N) is 1. The van der Waals surface area contributed by atoms with E-state index in [0.717, 1.165) is 0 Å². The molecule has 1 heterocycles. The number of alkyl carbamates (subject to hydrolysis) is 1. The average molecular weight is 600 g/mol. The Morgan fingerprint density at radius 3 is 2.70 bits per heavy atom. The van der Waals surface area contributed by atoms with Crippen molar-refractivity contribution < 1.29 is 55.3 Å². The number of rotatable bonds is 5. The molecule has 1 saturated heterocycles. The number of aliphatic hydroxyl groups excluding tert-OH is 1. The van der Waals surface area contributed by atoms with Crippen LogP contribution in [0.15, 0.2) is 30.7 Å². The van der Waals surface area contributed by atoms with E-state index in [1.807, 2.05) is 0 Å². The molecule has 1 aliphatic heterocycles. The fourth-order valence-corrected chi connectivity index (χ4v) is 2.27. The first-order chi connectivity index (χ1) is 12.1. The van der Waals surface area contributed by atoms with E-state index < -0.39 is 23.9 Å². The molecule has 0 aromatic heterocycles. The standard InChI is InChI=1S/C18H24N3O5.U/c1-12(22)20(5)13-6-8-14(9-7-13)21-11-15(25-17(21)24)10-19-16(23)26-18(2,3)4;/h6,8-9,15,22H,1,10-11H2,2-5H3,(H,19,23);/q-1;/t15-;/m0./s1. The topological polar surface area (TPSA) is 91.3 Å². The molecule has 2 rings (SSSR count). The van der Waals surface area contributed by atoms with Crippen molar-refractivity contribution in [3.63, 3.8) is 0 Å². The molecular formula is C18H24N3O5U-. The summed E-state index contributed by atoms with van der Waals surface area (Å²) in [7, 11) is 1.65. The Morgan fingerprint density at radius 2 is 2.19 bits per heavy atom. The number of cyclic esters (lactones) is 1. The van der Waals surface area contributed by atoms with Crippen LogP contribution in [0, 0.1) is 37.2 Å². The number of aliphatic hydroxyl groups is 1. The van der Waals surface area contributed by atoms with Crippen LogP contribution in [0.1, 0.15) is 20.8 Å². The second kappa shape index (κ2) is 9.38. The Balaban J connectivity index is 0.00000364. The van der Waals surface area contributed by atoms with Crippen LogP contribution >= 0.6 is 0 Å². The minimum atomic E-state index is -0.590. The zero-order chi connectivity index (χ0) is 19.5. The number of anilines is 2. The van der Waals surface area contributed by atoms with E-state index in [-0.39, 0.29) is 43.5 Å². The molecule has 1 atom stereocenters. The number of amides is 2. The van der Waals surface area contributed by atoms with Gasteiger partial charge in [-0.3, -0.25) is 0 Å². The van der Waals surface area contributed by atoms with Crippen LogP contribution in [-0.2, 0) is 9.47 Å². The predicted molar refractivity (Wildman–Crippen MR) is 97.3 cm³/mol. The van der Waals surface area contributed by atoms with Gasteiger partial charge in [0.15, 0.2) is 5.88 Å². The zero-order valence-corrected chi connectivity index (χ0v) is 20.1. The summed E-state index contributed by atoms with van der Waals surface area (Å²) < 4.78 is 10.4. The molecule has 0 unspecified atom stereocenters. The van der Waals surface area contributed by atoms with E-state index in [9.17, 15) is 14.7 Å². The van der Waals surface area contributed by atoms with Crippen molar-refractivity contribution in [2.24, 2.45) is 0 Å². The fourth-order valence-electron chi connectivity index (χ4n) is 2.27. The van der Waals surface area contributed by atoms with Gasteiger partial charge in [-0.25, -0.2) is 9.59 Å². The van der Waals surface area contributed by atoms with Gasteiger partial charge >= 0.3 is 12.2 Å². The summed E-state index contributed by atoms with van der Waals surface area (Å²) in [6.07, 6.45) is -1.53. The van der Waals surface area contributed by atoms with Crippen molar-refractivity contribution in [2.75, 3.05) is 29.9 Å². The van der Waals surface area contributed by atoms with E-state index in [4.69, 9.17) is 9.47 Å². The maximum Gasteiger partial charge on any atom is 0.407 e. The third-order valence-corrected chi connectivity index (χ3v) is 3.59. The first kappa shape index (κ1) is 23.2. The first-order valence-electron chi connectivity index (χ1n) is 8.15. The molecule has 1 aliphatic rings. The van der Waals surface area contributed by atoms with Gasteiger partial charge < -0.3 is 29.7 Å². The smallest absolute Gasteiger partial charge is 0.407 e. The summed E-state index contributed by atoms with van der Waals surface area (Å²) in [5, 5.41) is 12.0. The Hall–Kier alpha value is -1.85. The van der Waals surface area contributed by atoms with E-state index >= 15 is 0 Å². The molecule has 0 saturated carbocycles. The fraction of sp³-hybridized carbons (Fsp3) is 0.444. The number of ether oxygens (including phenoxy) is 2. The van der Waals surface area contributed by atoms with E-state index in [1.165, 1.54) is 9.80 Å². The molecule has 9 heteroatoms. The molecule has 8 nitrogen and oxygen atoms in total. The summed E-state index contributed by atoms with van der Waals surface area (Å²) >= 11 is 0. The first-order valence-corrected chi connectivity index (χ1v) is 8.15. The van der Waals surface area contributed by atoms with Crippen LogP contribution in [0.3, 0.4) is 0 Å². The molecule has 1 aromatic rings. The second-order valence-electron chi connectivity index (χ2n) is 6.91. The minimum Gasteiger partial charge on any atom is -0.495 e. The Labute approximate surface area is 182 Å². The predicted octanol–water partition coefficient (Wildman–Crippen LogP) is 2.80. The van der Waals surface area contributed by atoms with Crippen LogP contribution < -0.4 is 15.1 Å². The van der Waals surface area contributed by atoms with Crippen molar-refractivity contribution in [3.8, 4) is 0 Å². The van der Waals surface area contributed by atoms with Crippen LogP contribution in [0.5, 0.6) is 0 Å². The SMILES string of the molecule is C=C(O)N(C)c1[c-]cc(N2C[C@H](CNC(=O)OC(C)(C)C)OC2=O)cc1.[U]. The van der Waals surface area contributed by atoms with Gasteiger partial charge in [-0.05, 0) is 27.4 Å². The number of nitrogens with zero attached hydrogens (tertiary/aromatic N) is 2. The van der Waals surface area contributed by atoms with Gasteiger partial charge in [-0.2, -0.15) is 12.1 Å². The number of benzene rings is 1. The average Bonchev–Trinajstić information content (AvgIpc) is 2.91. The van der Waals surface area contributed by atoms with Gasteiger partial charge in [0.25, 0.3) is 0 Å². The number of hydrogen-bond donors (Lipinski definition) is 2. The molecule has 1 aromatic carbocycles. The molecule has 2 amide bonds. The molecule has 1 fully saturated rings. The third-order valence-electron chi connectivity index (χ3n) is 3.59. The van der Waals surface area contributed by atoms with Gasteiger partial charge in [0.2, 0.25) is 0 Å². The number of hydrogen-bond acceptors (Lipinski definition) is 6. The molecule has 27 heavy (non-hydrogen) atoms. The molecule has 0 radical (unpaired) electrons. The van der Waals surface area contributed by atoms with Gasteiger partial charge in [0.05, 0.1) is 13.1 Å². The molecule has 2 N–H and O–H groups in total. The van der Waals surface area contributed by atoms with Gasteiger partial charge in [0, 0.05) is 38.2 Å². The van der Waals surface area contributed by atoms with Crippen LogP contribution in [0.25, 0.3) is 0 Å². The molecule has 0 aliphatic carbocycles. The molecule has 146 valence electrons. The summed E-state index contributed by atoms with van der Waals surface area (Å²) in [6, 6.07) is 8.02.